The molecule has 0 amide bonds. The molecule has 0 radical (unpaired) electrons. The predicted octanol–water partition coefficient (Wildman–Crippen LogP) is 3.18. The van der Waals surface area contributed by atoms with E-state index in [1.54, 1.807) is 0 Å². The second-order valence-corrected chi connectivity index (χ2v) is 5.00. The highest BCUT2D eigenvalue weighted by atomic mass is 16.5. The van der Waals surface area contributed by atoms with Crippen LogP contribution in [0.2, 0.25) is 0 Å². The van der Waals surface area contributed by atoms with E-state index >= 15 is 0 Å². The Morgan fingerprint density at radius 3 is 2.41 bits per heavy atom. The normalized spacial score (nSPS) is 14.7. The second-order valence-electron chi connectivity index (χ2n) is 5.00. The highest BCUT2D eigenvalue weighted by molar-refractivity contribution is 5.20. The van der Waals surface area contributed by atoms with Gasteiger partial charge in [0.2, 0.25) is 5.88 Å². The molecule has 96 valence electrons. The van der Waals surface area contributed by atoms with Gasteiger partial charge in [-0.1, -0.05) is 19.9 Å². The van der Waals surface area contributed by atoms with Crippen molar-refractivity contribution in [3.63, 3.8) is 0 Å². The third kappa shape index (κ3) is 4.73. The van der Waals surface area contributed by atoms with Crippen molar-refractivity contribution in [1.29, 1.82) is 0 Å². The lowest BCUT2D eigenvalue weighted by molar-refractivity contribution is 0.185. The minimum atomic E-state index is 0.218. The van der Waals surface area contributed by atoms with Crippen molar-refractivity contribution in [3.8, 4) is 5.88 Å². The maximum atomic E-state index is 5.76. The summed E-state index contributed by atoms with van der Waals surface area (Å²) in [4.78, 5) is 4.33. The lowest BCUT2D eigenvalue weighted by Crippen LogP contribution is -2.16. The minimum Gasteiger partial charge on any atom is -0.475 e. The molecule has 1 aromatic heterocycles. The van der Waals surface area contributed by atoms with E-state index in [-0.39, 0.29) is 6.10 Å². The van der Waals surface area contributed by atoms with Crippen LogP contribution in [-0.4, -0.2) is 18.1 Å². The van der Waals surface area contributed by atoms with Crippen LogP contribution in [0.5, 0.6) is 5.88 Å². The number of rotatable bonds is 6. The van der Waals surface area contributed by atoms with Crippen molar-refractivity contribution in [3.05, 3.63) is 23.9 Å². The lowest BCUT2D eigenvalue weighted by atomic mass is 10.1. The Kier molecular flexibility index (Phi) is 5.42. The van der Waals surface area contributed by atoms with Crippen molar-refractivity contribution in [2.45, 2.75) is 46.3 Å². The zero-order chi connectivity index (χ0) is 12.8. The first-order valence-corrected chi connectivity index (χ1v) is 6.32. The van der Waals surface area contributed by atoms with Crippen LogP contribution in [0, 0.1) is 5.92 Å². The molecule has 1 heterocycles. The van der Waals surface area contributed by atoms with Crippen molar-refractivity contribution >= 4 is 0 Å². The number of aromatic nitrogens is 1. The molecule has 3 heteroatoms. The number of nitrogens with one attached hydrogen (secondary N) is 1. The van der Waals surface area contributed by atoms with E-state index in [0.29, 0.717) is 17.8 Å². The average Bonchev–Trinajstić information content (AvgIpc) is 2.28. The Morgan fingerprint density at radius 1 is 1.24 bits per heavy atom. The highest BCUT2D eigenvalue weighted by Crippen LogP contribution is 2.16. The Hall–Kier alpha value is -1.09. The van der Waals surface area contributed by atoms with Crippen LogP contribution in [0.1, 0.15) is 45.7 Å². The zero-order valence-corrected chi connectivity index (χ0v) is 11.5. The Bertz CT molecular complexity index is 321. The van der Waals surface area contributed by atoms with Gasteiger partial charge >= 0.3 is 0 Å². The molecule has 0 saturated heterocycles. The third-order valence-corrected chi connectivity index (χ3v) is 2.82. The van der Waals surface area contributed by atoms with Crippen LogP contribution >= 0.6 is 0 Å². The Morgan fingerprint density at radius 2 is 1.94 bits per heavy atom. The monoisotopic (exact) mass is 236 g/mol. The van der Waals surface area contributed by atoms with Crippen LogP contribution in [0.25, 0.3) is 0 Å². The number of pyridine rings is 1. The second kappa shape index (κ2) is 6.60. The first-order valence-electron chi connectivity index (χ1n) is 6.32. The van der Waals surface area contributed by atoms with E-state index in [9.17, 15) is 0 Å². The minimum absolute atomic E-state index is 0.218. The Balaban J connectivity index is 2.56. The van der Waals surface area contributed by atoms with Gasteiger partial charge in [0.15, 0.2) is 0 Å². The summed E-state index contributed by atoms with van der Waals surface area (Å²) < 4.78 is 5.76. The first-order chi connectivity index (χ1) is 8.02. The summed E-state index contributed by atoms with van der Waals surface area (Å²) in [6.45, 7) is 8.60. The molecule has 0 fully saturated rings. The molecule has 1 rings (SSSR count). The summed E-state index contributed by atoms with van der Waals surface area (Å²) in [6, 6.07) is 4.33. The molecule has 0 bridgehead atoms. The maximum Gasteiger partial charge on any atom is 0.213 e. The van der Waals surface area contributed by atoms with E-state index in [1.807, 2.05) is 19.3 Å². The third-order valence-electron chi connectivity index (χ3n) is 2.82. The quantitative estimate of drug-likeness (QED) is 0.823. The number of nitrogens with zero attached hydrogens (tertiary/aromatic N) is 1. The SMILES string of the molecule is CNC(C)c1ccc(OC(C)CC(C)C)nc1. The van der Waals surface area contributed by atoms with E-state index in [2.05, 4.69) is 44.1 Å². The standard InChI is InChI=1S/C14H24N2O/c1-10(2)8-11(3)17-14-7-6-13(9-16-14)12(4)15-5/h6-7,9-12,15H,8H2,1-5H3. The van der Waals surface area contributed by atoms with Crippen molar-refractivity contribution in [1.82, 2.24) is 10.3 Å². The van der Waals surface area contributed by atoms with Gasteiger partial charge in [-0.05, 0) is 38.8 Å². The fourth-order valence-electron chi connectivity index (χ4n) is 1.80. The van der Waals surface area contributed by atoms with Crippen LogP contribution in [0.3, 0.4) is 0 Å². The van der Waals surface area contributed by atoms with Crippen molar-refractivity contribution in [2.75, 3.05) is 7.05 Å². The van der Waals surface area contributed by atoms with Gasteiger partial charge in [0, 0.05) is 18.3 Å². The average molecular weight is 236 g/mol. The molecule has 1 N–H and O–H groups in total. The summed E-state index contributed by atoms with van der Waals surface area (Å²) in [7, 11) is 1.94. The number of hydrogen-bond acceptors (Lipinski definition) is 3. The molecule has 1 aromatic rings. The molecule has 3 nitrogen and oxygen atoms in total. The van der Waals surface area contributed by atoms with Gasteiger partial charge in [0.05, 0.1) is 6.10 Å². The molecule has 0 aliphatic heterocycles. The predicted molar refractivity (Wildman–Crippen MR) is 71.3 cm³/mol. The molecular formula is C14H24N2O. The summed E-state index contributed by atoms with van der Waals surface area (Å²) in [5.41, 5.74) is 1.18. The smallest absolute Gasteiger partial charge is 0.213 e. The van der Waals surface area contributed by atoms with Gasteiger partial charge in [0.25, 0.3) is 0 Å². The largest absolute Gasteiger partial charge is 0.475 e. The zero-order valence-electron chi connectivity index (χ0n) is 11.5. The number of hydrogen-bond donors (Lipinski definition) is 1. The van der Waals surface area contributed by atoms with E-state index in [1.165, 1.54) is 5.56 Å². The fourth-order valence-corrected chi connectivity index (χ4v) is 1.80. The molecule has 0 aliphatic rings. The molecule has 0 saturated carbocycles. The lowest BCUT2D eigenvalue weighted by Gasteiger charge is -2.16. The maximum absolute atomic E-state index is 5.76. The van der Waals surface area contributed by atoms with Gasteiger partial charge in [-0.2, -0.15) is 0 Å². The summed E-state index contributed by atoms with van der Waals surface area (Å²) in [6.07, 6.45) is 3.14. The summed E-state index contributed by atoms with van der Waals surface area (Å²) >= 11 is 0. The van der Waals surface area contributed by atoms with Crippen LogP contribution in [0.4, 0.5) is 0 Å². The van der Waals surface area contributed by atoms with E-state index < -0.39 is 0 Å². The van der Waals surface area contributed by atoms with Crippen molar-refractivity contribution in [2.24, 2.45) is 5.92 Å². The van der Waals surface area contributed by atoms with Crippen LogP contribution < -0.4 is 10.1 Å². The van der Waals surface area contributed by atoms with Gasteiger partial charge in [-0.15, -0.1) is 0 Å². The molecular weight excluding hydrogens is 212 g/mol. The first kappa shape index (κ1) is 14.0. The van der Waals surface area contributed by atoms with Gasteiger partial charge in [0.1, 0.15) is 0 Å². The molecule has 0 spiro atoms. The van der Waals surface area contributed by atoms with Gasteiger partial charge in [-0.3, -0.25) is 0 Å². The number of ether oxygens (including phenoxy) is 1. The van der Waals surface area contributed by atoms with Crippen LogP contribution in [0.15, 0.2) is 18.3 Å². The summed E-state index contributed by atoms with van der Waals surface area (Å²) in [5, 5.41) is 3.19. The summed E-state index contributed by atoms with van der Waals surface area (Å²) in [5.74, 6) is 1.36. The van der Waals surface area contributed by atoms with Crippen molar-refractivity contribution < 1.29 is 4.74 Å². The molecule has 0 aromatic carbocycles. The van der Waals surface area contributed by atoms with E-state index in [4.69, 9.17) is 4.74 Å². The Labute approximate surface area is 105 Å². The molecule has 0 aliphatic carbocycles. The van der Waals surface area contributed by atoms with Gasteiger partial charge in [-0.25, -0.2) is 4.98 Å². The van der Waals surface area contributed by atoms with E-state index in [0.717, 1.165) is 6.42 Å². The molecule has 2 unspecified atom stereocenters. The highest BCUT2D eigenvalue weighted by Gasteiger charge is 2.08. The van der Waals surface area contributed by atoms with Gasteiger partial charge < -0.3 is 10.1 Å². The topological polar surface area (TPSA) is 34.1 Å². The molecule has 2 atom stereocenters. The van der Waals surface area contributed by atoms with Crippen LogP contribution in [-0.2, 0) is 0 Å². The fraction of sp³-hybridized carbons (Fsp3) is 0.643. The molecule has 17 heavy (non-hydrogen) atoms.